The molecule has 1 saturated heterocycles. The van der Waals surface area contributed by atoms with Gasteiger partial charge >= 0.3 is 5.97 Å². The van der Waals surface area contributed by atoms with Crippen LogP contribution in [0.25, 0.3) is 17.0 Å². The Morgan fingerprint density at radius 3 is 2.30 bits per heavy atom. The van der Waals surface area contributed by atoms with Crippen LogP contribution in [0.3, 0.4) is 0 Å². The number of amides is 1. The van der Waals surface area contributed by atoms with Crippen molar-refractivity contribution in [1.82, 2.24) is 14.4 Å². The first kappa shape index (κ1) is 27.7. The van der Waals surface area contributed by atoms with Gasteiger partial charge in [-0.05, 0) is 36.6 Å². The number of piperazine rings is 1. The van der Waals surface area contributed by atoms with Gasteiger partial charge in [0.1, 0.15) is 22.9 Å². The summed E-state index contributed by atoms with van der Waals surface area (Å²) >= 11 is 0. The number of amidine groups is 1. The van der Waals surface area contributed by atoms with E-state index in [0.29, 0.717) is 55.6 Å². The van der Waals surface area contributed by atoms with Crippen molar-refractivity contribution < 1.29 is 19.1 Å². The Bertz CT molecular complexity index is 1890. The number of aliphatic imine (C=N–C) groups is 1. The third-order valence-electron chi connectivity index (χ3n) is 8.41. The Kier molecular flexibility index (Phi) is 7.06. The molecule has 0 bridgehead atoms. The Morgan fingerprint density at radius 1 is 0.955 bits per heavy atom. The molecule has 4 aromatic rings. The van der Waals surface area contributed by atoms with Crippen molar-refractivity contribution in [2.24, 2.45) is 4.99 Å². The van der Waals surface area contributed by atoms with E-state index in [1.54, 1.807) is 17.0 Å². The molecule has 1 aliphatic carbocycles. The highest BCUT2D eigenvalue weighted by Gasteiger charge is 2.34. The first-order chi connectivity index (χ1) is 21.4. The molecule has 3 aliphatic rings. The van der Waals surface area contributed by atoms with Crippen molar-refractivity contribution in [2.45, 2.75) is 18.9 Å². The van der Waals surface area contributed by atoms with Crippen LogP contribution in [0.2, 0.25) is 0 Å². The molecule has 2 fully saturated rings. The van der Waals surface area contributed by atoms with E-state index < -0.39 is 17.2 Å². The molecule has 0 spiro atoms. The van der Waals surface area contributed by atoms with E-state index in [9.17, 15) is 19.5 Å². The van der Waals surface area contributed by atoms with Gasteiger partial charge in [0, 0.05) is 49.4 Å². The number of carboxylic acids is 1. The topological polar surface area (TPSA) is 98.5 Å². The lowest BCUT2D eigenvalue weighted by Gasteiger charge is -2.38. The van der Waals surface area contributed by atoms with E-state index in [2.05, 4.69) is 4.90 Å². The van der Waals surface area contributed by atoms with E-state index in [-0.39, 0.29) is 22.9 Å². The van der Waals surface area contributed by atoms with Gasteiger partial charge in [-0.2, -0.15) is 0 Å². The van der Waals surface area contributed by atoms with Crippen LogP contribution in [0.4, 0.5) is 10.1 Å². The van der Waals surface area contributed by atoms with Crippen LogP contribution in [0, 0.1) is 5.82 Å². The summed E-state index contributed by atoms with van der Waals surface area (Å²) in [5.41, 5.74) is 2.03. The molecule has 0 unspecified atom stereocenters. The molecule has 2 aliphatic heterocycles. The number of hydrogen-bond acceptors (Lipinski definition) is 6. The van der Waals surface area contributed by atoms with Crippen LogP contribution in [0.5, 0.6) is 0 Å². The van der Waals surface area contributed by atoms with Crippen LogP contribution in [-0.4, -0.2) is 70.0 Å². The molecule has 7 rings (SSSR count). The molecule has 1 N–H and O–H groups in total. The van der Waals surface area contributed by atoms with E-state index in [1.807, 2.05) is 70.1 Å². The summed E-state index contributed by atoms with van der Waals surface area (Å²) in [6.07, 6.45) is 4.96. The van der Waals surface area contributed by atoms with Crippen LogP contribution in [-0.2, 0) is 4.79 Å². The second kappa shape index (κ2) is 11.2. The number of anilines is 1. The van der Waals surface area contributed by atoms with Gasteiger partial charge in [-0.25, -0.2) is 14.2 Å². The predicted octanol–water partition coefficient (Wildman–Crippen LogP) is 4.58. The van der Waals surface area contributed by atoms with Crippen LogP contribution in [0.1, 0.15) is 40.4 Å². The number of carboxylic acid groups (broad SMARTS) is 1. The van der Waals surface area contributed by atoms with Crippen molar-refractivity contribution >= 4 is 40.4 Å². The molecular weight excluding hydrogens is 561 g/mol. The molecule has 3 heterocycles. The van der Waals surface area contributed by atoms with Gasteiger partial charge in [-0.1, -0.05) is 60.7 Å². The quantitative estimate of drug-likeness (QED) is 0.316. The molecule has 1 amide bonds. The Labute approximate surface area is 252 Å². The lowest BCUT2D eigenvalue weighted by atomic mass is 10.1. The number of fused-ring (bicyclic) bond motifs is 1. The summed E-state index contributed by atoms with van der Waals surface area (Å²) in [7, 11) is 0. The fourth-order valence-electron chi connectivity index (χ4n) is 5.94. The van der Waals surface area contributed by atoms with Gasteiger partial charge < -0.3 is 14.6 Å². The standard InChI is InChI=1S/C34H30FN5O4/c35-27-18-25-29(39(24-11-12-24)20-26(31(25)41)34(43)44)19-30(27)38-15-13-37(14-16-38)21-40-32(23-9-5-2-6-10-23)36-28(33(40)42)17-22-7-3-1-4-8-22/h1-10,17-20,24H,11-16,21H2,(H,43,44)/b28-17+. The van der Waals surface area contributed by atoms with Crippen molar-refractivity contribution in [3.05, 3.63) is 117 Å². The SMILES string of the molecule is O=C(O)c1cn(C2CC2)c2cc(N3CCN(CN4C(=O)/C(=C\c5ccccc5)N=C4c4ccccc4)CC3)c(F)cc2c1=O. The normalized spacial score (nSPS) is 18.3. The summed E-state index contributed by atoms with van der Waals surface area (Å²) in [6.45, 7) is 2.51. The zero-order valence-corrected chi connectivity index (χ0v) is 23.9. The zero-order valence-electron chi connectivity index (χ0n) is 23.9. The number of carbonyl (C=O) groups excluding carboxylic acids is 1. The number of pyridine rings is 1. The molecule has 44 heavy (non-hydrogen) atoms. The number of rotatable bonds is 7. The van der Waals surface area contributed by atoms with Crippen molar-refractivity contribution in [2.75, 3.05) is 37.7 Å². The van der Waals surface area contributed by atoms with Gasteiger partial charge in [0.25, 0.3) is 5.91 Å². The maximum Gasteiger partial charge on any atom is 0.341 e. The molecule has 9 nitrogen and oxygen atoms in total. The van der Waals surface area contributed by atoms with Gasteiger partial charge in [0.05, 0.1) is 17.9 Å². The summed E-state index contributed by atoms with van der Waals surface area (Å²) in [5, 5.41) is 9.61. The van der Waals surface area contributed by atoms with Crippen LogP contribution >= 0.6 is 0 Å². The number of hydrogen-bond donors (Lipinski definition) is 1. The summed E-state index contributed by atoms with van der Waals surface area (Å²) < 4.78 is 17.3. The Balaban J connectivity index is 1.12. The second-order valence-corrected chi connectivity index (χ2v) is 11.4. The molecular formula is C34H30FN5O4. The highest BCUT2D eigenvalue weighted by Crippen LogP contribution is 2.38. The monoisotopic (exact) mass is 591 g/mol. The first-order valence-electron chi connectivity index (χ1n) is 14.7. The van der Waals surface area contributed by atoms with E-state index in [4.69, 9.17) is 4.99 Å². The average Bonchev–Trinajstić information content (AvgIpc) is 3.84. The third kappa shape index (κ3) is 5.17. The van der Waals surface area contributed by atoms with Crippen LogP contribution < -0.4 is 10.3 Å². The smallest absolute Gasteiger partial charge is 0.341 e. The van der Waals surface area contributed by atoms with E-state index in [0.717, 1.165) is 24.0 Å². The lowest BCUT2D eigenvalue weighted by molar-refractivity contribution is -0.124. The highest BCUT2D eigenvalue weighted by molar-refractivity contribution is 6.19. The third-order valence-corrected chi connectivity index (χ3v) is 8.41. The summed E-state index contributed by atoms with van der Waals surface area (Å²) in [4.78, 5) is 48.7. The molecule has 1 aromatic heterocycles. The molecule has 3 aromatic carbocycles. The fraction of sp³-hybridized carbons (Fsp3) is 0.235. The van der Waals surface area contributed by atoms with Gasteiger partial charge in [0.2, 0.25) is 5.43 Å². The largest absolute Gasteiger partial charge is 0.477 e. The van der Waals surface area contributed by atoms with Crippen molar-refractivity contribution in [1.29, 1.82) is 0 Å². The van der Waals surface area contributed by atoms with Crippen molar-refractivity contribution in [3.63, 3.8) is 0 Å². The first-order valence-corrected chi connectivity index (χ1v) is 14.7. The minimum Gasteiger partial charge on any atom is -0.477 e. The predicted molar refractivity (Wildman–Crippen MR) is 166 cm³/mol. The molecule has 0 atom stereocenters. The summed E-state index contributed by atoms with van der Waals surface area (Å²) in [6, 6.07) is 22.2. The second-order valence-electron chi connectivity index (χ2n) is 11.4. The van der Waals surface area contributed by atoms with Crippen molar-refractivity contribution in [3.8, 4) is 0 Å². The zero-order chi connectivity index (χ0) is 30.4. The lowest BCUT2D eigenvalue weighted by Crippen LogP contribution is -2.51. The summed E-state index contributed by atoms with van der Waals surface area (Å²) in [5.74, 6) is -1.45. The van der Waals surface area contributed by atoms with Gasteiger partial charge in [-0.15, -0.1) is 0 Å². The minimum absolute atomic E-state index is 0.0799. The molecule has 0 radical (unpaired) electrons. The number of halogens is 1. The molecule has 222 valence electrons. The fourth-order valence-corrected chi connectivity index (χ4v) is 5.94. The van der Waals surface area contributed by atoms with Gasteiger partial charge in [0.15, 0.2) is 0 Å². The number of carbonyl (C=O) groups is 2. The molecule has 10 heteroatoms. The number of benzene rings is 3. The van der Waals surface area contributed by atoms with E-state index >= 15 is 4.39 Å². The van der Waals surface area contributed by atoms with Crippen LogP contribution in [0.15, 0.2) is 94.5 Å². The maximum absolute atomic E-state index is 15.5. The molecule has 1 saturated carbocycles. The number of nitrogens with zero attached hydrogens (tertiary/aromatic N) is 5. The Hall–Kier alpha value is -5.09. The number of aromatic nitrogens is 1. The maximum atomic E-state index is 15.5. The minimum atomic E-state index is -1.31. The van der Waals surface area contributed by atoms with E-state index in [1.165, 1.54) is 12.3 Å². The average molecular weight is 592 g/mol. The number of aromatic carboxylic acids is 1. The Morgan fingerprint density at radius 2 is 1.64 bits per heavy atom. The highest BCUT2D eigenvalue weighted by atomic mass is 19.1. The van der Waals surface area contributed by atoms with Gasteiger partial charge in [-0.3, -0.25) is 19.4 Å².